The number of hydrogen-bond acceptors (Lipinski definition) is 2. The van der Waals surface area contributed by atoms with E-state index in [9.17, 15) is 14.0 Å². The van der Waals surface area contributed by atoms with Crippen LogP contribution in [0.4, 0.5) is 4.39 Å². The lowest BCUT2D eigenvalue weighted by atomic mass is 9.90. The van der Waals surface area contributed by atoms with Gasteiger partial charge in [0.05, 0.1) is 0 Å². The Morgan fingerprint density at radius 3 is 2.67 bits per heavy atom. The minimum Gasteiger partial charge on any atom is -0.331 e. The molecular formula is C19H21FN2O2. The number of benzene rings is 1. The Balaban J connectivity index is 1.91. The maximum atomic E-state index is 14.0. The number of amides is 1. The molecule has 0 atom stereocenters. The van der Waals surface area contributed by atoms with Gasteiger partial charge < -0.3 is 9.88 Å². The van der Waals surface area contributed by atoms with E-state index in [-0.39, 0.29) is 29.9 Å². The third-order valence-corrected chi connectivity index (χ3v) is 4.60. The van der Waals surface area contributed by atoms with E-state index in [1.165, 1.54) is 12.1 Å². The highest BCUT2D eigenvalue weighted by molar-refractivity contribution is 5.94. The summed E-state index contributed by atoms with van der Waals surface area (Å²) in [5, 5.41) is 0. The van der Waals surface area contributed by atoms with Gasteiger partial charge in [-0.05, 0) is 37.8 Å². The highest BCUT2D eigenvalue weighted by atomic mass is 19.1. The Labute approximate surface area is 140 Å². The second kappa shape index (κ2) is 6.99. The van der Waals surface area contributed by atoms with Crippen LogP contribution in [0.25, 0.3) is 0 Å². The Morgan fingerprint density at radius 1 is 1.29 bits per heavy atom. The average Bonchev–Trinajstić information content (AvgIpc) is 2.53. The van der Waals surface area contributed by atoms with Gasteiger partial charge in [0.2, 0.25) is 5.56 Å². The first-order valence-corrected chi connectivity index (χ1v) is 8.36. The van der Waals surface area contributed by atoms with Crippen LogP contribution < -0.4 is 5.56 Å². The van der Waals surface area contributed by atoms with E-state index in [0.717, 1.165) is 25.0 Å². The van der Waals surface area contributed by atoms with Gasteiger partial charge in [0, 0.05) is 35.5 Å². The van der Waals surface area contributed by atoms with Crippen molar-refractivity contribution < 1.29 is 9.18 Å². The molecular weight excluding hydrogens is 307 g/mol. The van der Waals surface area contributed by atoms with Gasteiger partial charge >= 0.3 is 0 Å². The summed E-state index contributed by atoms with van der Waals surface area (Å²) in [7, 11) is 0. The average molecular weight is 328 g/mol. The number of halogens is 1. The predicted octanol–water partition coefficient (Wildman–Crippen LogP) is 3.27. The molecule has 1 aliphatic carbocycles. The molecule has 1 N–H and O–H groups in total. The Morgan fingerprint density at radius 2 is 2.04 bits per heavy atom. The lowest BCUT2D eigenvalue weighted by molar-refractivity contribution is 0.0553. The first kappa shape index (κ1) is 16.4. The van der Waals surface area contributed by atoms with Gasteiger partial charge in [0.1, 0.15) is 5.82 Å². The molecule has 126 valence electrons. The Bertz CT molecular complexity index is 796. The van der Waals surface area contributed by atoms with E-state index < -0.39 is 0 Å². The van der Waals surface area contributed by atoms with Crippen LogP contribution in [0.1, 0.15) is 47.8 Å². The maximum absolute atomic E-state index is 14.0. The fourth-order valence-electron chi connectivity index (χ4n) is 2.96. The van der Waals surface area contributed by atoms with Crippen LogP contribution >= 0.6 is 0 Å². The van der Waals surface area contributed by atoms with Gasteiger partial charge in [0.15, 0.2) is 0 Å². The van der Waals surface area contributed by atoms with E-state index >= 15 is 0 Å². The van der Waals surface area contributed by atoms with Crippen LogP contribution in [-0.2, 0) is 13.0 Å². The molecule has 0 spiro atoms. The first-order valence-electron chi connectivity index (χ1n) is 8.36. The van der Waals surface area contributed by atoms with Crippen LogP contribution in [-0.4, -0.2) is 21.8 Å². The zero-order valence-electron chi connectivity index (χ0n) is 13.7. The molecule has 0 radical (unpaired) electrons. The molecule has 1 aromatic heterocycles. The highest BCUT2D eigenvalue weighted by Gasteiger charge is 2.30. The summed E-state index contributed by atoms with van der Waals surface area (Å²) in [5.41, 5.74) is 1.32. The second-order valence-electron chi connectivity index (χ2n) is 6.22. The van der Waals surface area contributed by atoms with E-state index in [0.29, 0.717) is 17.5 Å². The molecule has 0 bridgehead atoms. The van der Waals surface area contributed by atoms with Crippen LogP contribution in [0.3, 0.4) is 0 Å². The number of aromatic nitrogens is 1. The molecule has 1 heterocycles. The fourth-order valence-corrected chi connectivity index (χ4v) is 2.96. The van der Waals surface area contributed by atoms with Crippen molar-refractivity contribution in [1.82, 2.24) is 9.88 Å². The minimum absolute atomic E-state index is 0.112. The monoisotopic (exact) mass is 328 g/mol. The van der Waals surface area contributed by atoms with Crippen molar-refractivity contribution in [1.29, 1.82) is 0 Å². The highest BCUT2D eigenvalue weighted by Crippen LogP contribution is 2.28. The maximum Gasteiger partial charge on any atom is 0.254 e. The number of pyridine rings is 1. The number of carbonyl (C=O) groups is 1. The smallest absolute Gasteiger partial charge is 0.254 e. The van der Waals surface area contributed by atoms with Crippen molar-refractivity contribution >= 4 is 5.91 Å². The number of nitrogens with one attached hydrogen (secondary N) is 1. The van der Waals surface area contributed by atoms with Crippen molar-refractivity contribution in [3.63, 3.8) is 0 Å². The number of nitrogens with zero attached hydrogens (tertiary/aromatic N) is 1. The van der Waals surface area contributed by atoms with E-state index in [1.54, 1.807) is 29.2 Å². The van der Waals surface area contributed by atoms with Crippen LogP contribution in [0, 0.1) is 5.82 Å². The number of aromatic amines is 1. The molecule has 1 amide bonds. The van der Waals surface area contributed by atoms with Crippen molar-refractivity contribution in [3.8, 4) is 0 Å². The number of rotatable bonds is 5. The topological polar surface area (TPSA) is 53.2 Å². The summed E-state index contributed by atoms with van der Waals surface area (Å²) in [6.45, 7) is 2.15. The quantitative estimate of drug-likeness (QED) is 0.916. The van der Waals surface area contributed by atoms with E-state index in [2.05, 4.69) is 4.98 Å². The van der Waals surface area contributed by atoms with E-state index in [4.69, 9.17) is 0 Å². The predicted molar refractivity (Wildman–Crippen MR) is 90.4 cm³/mol. The van der Waals surface area contributed by atoms with Crippen molar-refractivity contribution in [2.75, 3.05) is 0 Å². The number of aryl methyl sites for hydroxylation is 1. The standard InChI is InChI=1S/C19H21FN2O2/c1-2-15-10-14(11-18(23)21-15)19(24)22(16-7-5-8-16)12-13-6-3-4-9-17(13)20/h3-4,6,9-11,16H,2,5,7-8,12H2,1H3,(H,21,23). The van der Waals surface area contributed by atoms with Crippen LogP contribution in [0.2, 0.25) is 0 Å². The van der Waals surface area contributed by atoms with Gasteiger partial charge in [-0.2, -0.15) is 0 Å². The lowest BCUT2D eigenvalue weighted by Crippen LogP contribution is -2.44. The first-order chi connectivity index (χ1) is 11.6. The fraction of sp³-hybridized carbons (Fsp3) is 0.368. The van der Waals surface area contributed by atoms with Gasteiger partial charge in [-0.3, -0.25) is 9.59 Å². The molecule has 1 aliphatic rings. The molecule has 0 saturated heterocycles. The molecule has 5 heteroatoms. The van der Waals surface area contributed by atoms with Crippen molar-refractivity contribution in [3.05, 3.63) is 69.4 Å². The molecule has 0 aliphatic heterocycles. The normalized spacial score (nSPS) is 14.2. The second-order valence-corrected chi connectivity index (χ2v) is 6.22. The van der Waals surface area contributed by atoms with Crippen molar-refractivity contribution in [2.24, 2.45) is 0 Å². The lowest BCUT2D eigenvalue weighted by Gasteiger charge is -2.37. The molecule has 1 aromatic carbocycles. The zero-order chi connectivity index (χ0) is 17.1. The molecule has 4 nitrogen and oxygen atoms in total. The summed E-state index contributed by atoms with van der Waals surface area (Å²) in [4.78, 5) is 29.2. The number of H-pyrrole nitrogens is 1. The molecule has 3 rings (SSSR count). The Kier molecular flexibility index (Phi) is 4.79. The van der Waals surface area contributed by atoms with E-state index in [1.807, 2.05) is 6.92 Å². The number of carbonyl (C=O) groups excluding carboxylic acids is 1. The summed E-state index contributed by atoms with van der Waals surface area (Å²) in [6, 6.07) is 9.67. The summed E-state index contributed by atoms with van der Waals surface area (Å²) in [5.74, 6) is -0.515. The minimum atomic E-state index is -0.310. The third kappa shape index (κ3) is 3.40. The Hall–Kier alpha value is -2.43. The van der Waals surface area contributed by atoms with Crippen LogP contribution in [0.15, 0.2) is 41.2 Å². The molecule has 1 fully saturated rings. The zero-order valence-corrected chi connectivity index (χ0v) is 13.7. The summed E-state index contributed by atoms with van der Waals surface area (Å²) in [6.07, 6.45) is 3.56. The molecule has 24 heavy (non-hydrogen) atoms. The van der Waals surface area contributed by atoms with Gasteiger partial charge in [0.25, 0.3) is 5.91 Å². The molecule has 2 aromatic rings. The van der Waals surface area contributed by atoms with Gasteiger partial charge in [-0.15, -0.1) is 0 Å². The van der Waals surface area contributed by atoms with Gasteiger partial charge in [-0.25, -0.2) is 4.39 Å². The summed E-state index contributed by atoms with van der Waals surface area (Å²) >= 11 is 0. The number of hydrogen-bond donors (Lipinski definition) is 1. The van der Waals surface area contributed by atoms with Crippen LogP contribution in [0.5, 0.6) is 0 Å². The van der Waals surface area contributed by atoms with Gasteiger partial charge in [-0.1, -0.05) is 25.1 Å². The summed E-state index contributed by atoms with van der Waals surface area (Å²) < 4.78 is 14.0. The molecule has 0 unspecified atom stereocenters. The molecule has 1 saturated carbocycles. The van der Waals surface area contributed by atoms with Crippen molar-refractivity contribution in [2.45, 2.75) is 45.2 Å². The SMILES string of the molecule is CCc1cc(C(=O)N(Cc2ccccc2F)C2CCC2)cc(=O)[nH]1. The largest absolute Gasteiger partial charge is 0.331 e. The third-order valence-electron chi connectivity index (χ3n) is 4.60.